The highest BCUT2D eigenvalue weighted by Crippen LogP contribution is 2.25. The van der Waals surface area contributed by atoms with E-state index in [0.717, 1.165) is 25.7 Å². The maximum Gasteiger partial charge on any atom is 0.250 e. The molecule has 1 aromatic rings. The van der Waals surface area contributed by atoms with Gasteiger partial charge >= 0.3 is 0 Å². The van der Waals surface area contributed by atoms with E-state index < -0.39 is 10.0 Å². The van der Waals surface area contributed by atoms with Crippen LogP contribution >= 0.6 is 11.6 Å². The summed E-state index contributed by atoms with van der Waals surface area (Å²) in [4.78, 5) is 15.3. The fourth-order valence-corrected chi connectivity index (χ4v) is 4.80. The number of hydrogen-bond donors (Lipinski definition) is 1. The summed E-state index contributed by atoms with van der Waals surface area (Å²) in [7, 11) is -1.74. The number of carbonyl (C=O) groups excluding carboxylic acids is 1. The Balaban J connectivity index is 0.000000221. The third-order valence-corrected chi connectivity index (χ3v) is 6.82. The van der Waals surface area contributed by atoms with Gasteiger partial charge in [-0.25, -0.2) is 8.42 Å². The molecule has 0 aliphatic carbocycles. The molecule has 1 atom stereocenters. The van der Waals surface area contributed by atoms with Gasteiger partial charge in [-0.1, -0.05) is 24.1 Å². The van der Waals surface area contributed by atoms with Gasteiger partial charge < -0.3 is 5.32 Å². The minimum atomic E-state index is -3.35. The summed E-state index contributed by atoms with van der Waals surface area (Å²) in [6.45, 7) is 2.58. The van der Waals surface area contributed by atoms with Gasteiger partial charge in [-0.2, -0.15) is 4.31 Å². The molecule has 0 unspecified atom stereocenters. The molecule has 1 aromatic carbocycles. The summed E-state index contributed by atoms with van der Waals surface area (Å²) in [5, 5.41) is 3.10. The Morgan fingerprint density at radius 2 is 1.96 bits per heavy atom. The van der Waals surface area contributed by atoms with Crippen molar-refractivity contribution in [1.29, 1.82) is 0 Å². The maximum atomic E-state index is 12.4. The lowest BCUT2D eigenvalue weighted by Crippen LogP contribution is -2.41. The number of carbonyl (C=O) groups is 1. The van der Waals surface area contributed by atoms with E-state index in [2.05, 4.69) is 10.3 Å². The normalized spacial score (nSPS) is 19.8. The highest BCUT2D eigenvalue weighted by atomic mass is 35.5. The molecule has 8 heteroatoms. The van der Waals surface area contributed by atoms with Gasteiger partial charge in [0.15, 0.2) is 0 Å². The first-order valence-corrected chi connectivity index (χ1v) is 11.1. The van der Waals surface area contributed by atoms with Gasteiger partial charge in [0.2, 0.25) is 10.0 Å². The van der Waals surface area contributed by atoms with Crippen molar-refractivity contribution in [2.75, 3.05) is 13.6 Å². The minimum absolute atomic E-state index is 0.0632. The van der Waals surface area contributed by atoms with Gasteiger partial charge in [-0.3, -0.25) is 9.79 Å². The fraction of sp³-hybridized carbons (Fsp3) is 0.400. The predicted octanol–water partition coefficient (Wildman–Crippen LogP) is 3.55. The van der Waals surface area contributed by atoms with E-state index in [9.17, 15) is 13.2 Å². The standard InChI is InChI=1S/C12H16ClNO2S.C8H10N2O/c1-10-4-2-3-9-14(10)17(15,16)12-7-5-11(13)6-8-12;1-9-8(11)7-3-2-5-10-6-4-7/h5-8,10H,2-4,9H2,1H3;3-6H,2H2,1H3,(H,9,11)/t10-;/m1./s1. The van der Waals surface area contributed by atoms with Gasteiger partial charge in [0.25, 0.3) is 5.91 Å². The Hall–Kier alpha value is -1.96. The third kappa shape index (κ3) is 6.02. The maximum absolute atomic E-state index is 12.4. The Bertz CT molecular complexity index is 861. The first-order valence-electron chi connectivity index (χ1n) is 9.24. The second-order valence-corrected chi connectivity index (χ2v) is 8.86. The zero-order valence-electron chi connectivity index (χ0n) is 16.1. The number of benzene rings is 1. The first kappa shape index (κ1) is 22.3. The van der Waals surface area contributed by atoms with Gasteiger partial charge in [0.1, 0.15) is 0 Å². The van der Waals surface area contributed by atoms with E-state index in [-0.39, 0.29) is 11.9 Å². The van der Waals surface area contributed by atoms with E-state index in [1.807, 2.05) is 13.0 Å². The highest BCUT2D eigenvalue weighted by molar-refractivity contribution is 7.89. The van der Waals surface area contributed by atoms with Crippen LogP contribution in [0.4, 0.5) is 0 Å². The second-order valence-electron chi connectivity index (χ2n) is 6.54. The number of sulfonamides is 1. The zero-order chi connectivity index (χ0) is 20.6. The molecular weight excluding hydrogens is 398 g/mol. The van der Waals surface area contributed by atoms with Crippen LogP contribution in [0.2, 0.25) is 5.02 Å². The first-order chi connectivity index (χ1) is 13.4. The van der Waals surface area contributed by atoms with E-state index in [0.29, 0.717) is 22.0 Å². The molecule has 1 fully saturated rings. The van der Waals surface area contributed by atoms with Crippen LogP contribution in [0.5, 0.6) is 0 Å². The van der Waals surface area contributed by atoms with Crippen molar-refractivity contribution < 1.29 is 13.2 Å². The Morgan fingerprint density at radius 3 is 2.61 bits per heavy atom. The summed E-state index contributed by atoms with van der Waals surface area (Å²) in [5.74, 6) is -0.0632. The molecule has 0 aromatic heterocycles. The van der Waals surface area contributed by atoms with Crippen LogP contribution in [0.1, 0.15) is 32.6 Å². The lowest BCUT2D eigenvalue weighted by molar-refractivity contribution is -0.116. The van der Waals surface area contributed by atoms with Gasteiger partial charge in [0, 0.05) is 49.1 Å². The number of halogens is 1. The predicted molar refractivity (Wildman–Crippen MR) is 113 cm³/mol. The Labute approximate surface area is 172 Å². The van der Waals surface area contributed by atoms with Crippen molar-refractivity contribution in [2.45, 2.75) is 43.5 Å². The molecule has 2 aliphatic heterocycles. The fourth-order valence-electron chi connectivity index (χ4n) is 2.98. The molecule has 3 rings (SSSR count). The van der Waals surface area contributed by atoms with Crippen LogP contribution in [0.3, 0.4) is 0 Å². The Kier molecular flexibility index (Phi) is 8.41. The van der Waals surface area contributed by atoms with Crippen molar-refractivity contribution in [1.82, 2.24) is 9.62 Å². The molecule has 1 amide bonds. The lowest BCUT2D eigenvalue weighted by atomic mass is 10.1. The minimum Gasteiger partial charge on any atom is -0.355 e. The zero-order valence-corrected chi connectivity index (χ0v) is 17.7. The molecule has 0 radical (unpaired) electrons. The van der Waals surface area contributed by atoms with Crippen molar-refractivity contribution >= 4 is 33.7 Å². The molecule has 6 nitrogen and oxygen atoms in total. The molecule has 28 heavy (non-hydrogen) atoms. The van der Waals surface area contributed by atoms with Gasteiger partial charge in [-0.15, -0.1) is 0 Å². The molecule has 1 saturated heterocycles. The molecular formula is C20H26ClN3O3S. The monoisotopic (exact) mass is 423 g/mol. The molecule has 2 heterocycles. The number of rotatable bonds is 3. The molecule has 152 valence electrons. The number of likely N-dealkylation sites (N-methyl/N-ethyl adjacent to an activating group) is 1. The molecule has 0 spiro atoms. The van der Waals surface area contributed by atoms with Crippen molar-refractivity contribution in [2.24, 2.45) is 4.99 Å². The third-order valence-electron chi connectivity index (χ3n) is 4.54. The molecule has 1 N–H and O–H groups in total. The average Bonchev–Trinajstić information content (AvgIpc) is 2.98. The van der Waals surface area contributed by atoms with E-state index in [4.69, 9.17) is 11.6 Å². The number of piperidine rings is 1. The SMILES string of the molecule is CNC(=O)C1=CCC=NC=C1.C[C@@H]1CCCCN1S(=O)(=O)c1ccc(Cl)cc1. The highest BCUT2D eigenvalue weighted by Gasteiger charge is 2.30. The topological polar surface area (TPSA) is 78.8 Å². The summed E-state index contributed by atoms with van der Waals surface area (Å²) in [6.07, 6.45) is 10.6. The van der Waals surface area contributed by atoms with Crippen LogP contribution in [-0.4, -0.2) is 44.5 Å². The Morgan fingerprint density at radius 1 is 1.25 bits per heavy atom. The lowest BCUT2D eigenvalue weighted by Gasteiger charge is -2.32. The second kappa shape index (κ2) is 10.5. The van der Waals surface area contributed by atoms with Gasteiger partial charge in [0.05, 0.1) is 4.90 Å². The number of allylic oxidation sites excluding steroid dienone is 1. The van der Waals surface area contributed by atoms with Crippen molar-refractivity contribution in [3.63, 3.8) is 0 Å². The molecule has 2 aliphatic rings. The summed E-state index contributed by atoms with van der Waals surface area (Å²) >= 11 is 5.77. The summed E-state index contributed by atoms with van der Waals surface area (Å²) in [6, 6.07) is 6.45. The number of nitrogens with zero attached hydrogens (tertiary/aromatic N) is 2. The summed E-state index contributed by atoms with van der Waals surface area (Å²) in [5.41, 5.74) is 0.671. The number of nitrogens with one attached hydrogen (secondary N) is 1. The van der Waals surface area contributed by atoms with E-state index in [1.165, 1.54) is 0 Å². The van der Waals surface area contributed by atoms with Crippen LogP contribution in [0, 0.1) is 0 Å². The number of aliphatic imine (C=N–C) groups is 1. The van der Waals surface area contributed by atoms with Gasteiger partial charge in [-0.05, 0) is 50.1 Å². The van der Waals surface area contributed by atoms with Crippen LogP contribution in [0.15, 0.2) is 58.1 Å². The summed E-state index contributed by atoms with van der Waals surface area (Å²) < 4.78 is 26.4. The number of hydrogen-bond acceptors (Lipinski definition) is 4. The van der Waals surface area contributed by atoms with Crippen LogP contribution in [-0.2, 0) is 14.8 Å². The number of amides is 1. The molecule has 0 saturated carbocycles. The average molecular weight is 424 g/mol. The molecule has 0 bridgehead atoms. The van der Waals surface area contributed by atoms with E-state index in [1.54, 1.807) is 54.1 Å². The quantitative estimate of drug-likeness (QED) is 0.807. The largest absolute Gasteiger partial charge is 0.355 e. The van der Waals surface area contributed by atoms with Crippen LogP contribution in [0.25, 0.3) is 0 Å². The smallest absolute Gasteiger partial charge is 0.250 e. The van der Waals surface area contributed by atoms with Crippen molar-refractivity contribution in [3.05, 3.63) is 53.2 Å². The van der Waals surface area contributed by atoms with E-state index >= 15 is 0 Å². The van der Waals surface area contributed by atoms with Crippen molar-refractivity contribution in [3.8, 4) is 0 Å². The van der Waals surface area contributed by atoms with Crippen LogP contribution < -0.4 is 5.32 Å².